The molecule has 0 aliphatic carbocycles. The molecular formula is C14H12N2O. The predicted octanol–water partition coefficient (Wildman–Crippen LogP) is 0.648. The van der Waals surface area contributed by atoms with Crippen LogP contribution in [0.3, 0.4) is 0 Å². The summed E-state index contributed by atoms with van der Waals surface area (Å²) in [7, 11) is 0. The van der Waals surface area contributed by atoms with E-state index in [1.807, 2.05) is 0 Å². The first-order chi connectivity index (χ1) is 8.21. The molecule has 0 saturated heterocycles. The Morgan fingerprint density at radius 1 is 1.24 bits per heavy atom. The van der Waals surface area contributed by atoms with Crippen LogP contribution in [0, 0.1) is 37.0 Å². The van der Waals surface area contributed by atoms with E-state index in [-0.39, 0.29) is 0 Å². The van der Waals surface area contributed by atoms with Crippen molar-refractivity contribution in [2.45, 2.75) is 12.6 Å². The van der Waals surface area contributed by atoms with Gasteiger partial charge in [-0.3, -0.25) is 5.32 Å². The molecule has 17 heavy (non-hydrogen) atoms. The van der Waals surface area contributed by atoms with Crippen molar-refractivity contribution in [3.05, 3.63) is 29.1 Å². The van der Waals surface area contributed by atoms with Gasteiger partial charge in [-0.05, 0) is 12.1 Å². The summed E-state index contributed by atoms with van der Waals surface area (Å²) in [6.45, 7) is 0.511. The fraction of sp³-hybridized carbons (Fsp3) is 0.214. The average Bonchev–Trinajstić information content (AvgIpc) is 2.38. The van der Waals surface area contributed by atoms with E-state index in [9.17, 15) is 5.11 Å². The standard InChI is InChI=1S/C14H12N2O/c1-4-7-8-15-14(17)11-9-12(5-2)16-13(6-3)10-11/h1-3,9-10,14-15,17H,7-8H2. The summed E-state index contributed by atoms with van der Waals surface area (Å²) in [6, 6.07) is 3.21. The summed E-state index contributed by atoms with van der Waals surface area (Å²) in [4.78, 5) is 4.01. The maximum absolute atomic E-state index is 9.84. The molecule has 84 valence electrons. The second kappa shape index (κ2) is 6.36. The van der Waals surface area contributed by atoms with Gasteiger partial charge < -0.3 is 5.11 Å². The van der Waals surface area contributed by atoms with E-state index in [1.54, 1.807) is 12.1 Å². The molecule has 0 aliphatic heterocycles. The second-order valence-corrected chi connectivity index (χ2v) is 3.27. The summed E-state index contributed by atoms with van der Waals surface area (Å²) in [5.74, 6) is 7.24. The highest BCUT2D eigenvalue weighted by atomic mass is 16.3. The van der Waals surface area contributed by atoms with Crippen LogP contribution in [0.25, 0.3) is 0 Å². The fourth-order valence-electron chi connectivity index (χ4n) is 1.26. The van der Waals surface area contributed by atoms with E-state index in [4.69, 9.17) is 19.3 Å². The first-order valence-corrected chi connectivity index (χ1v) is 5.01. The molecule has 3 nitrogen and oxygen atoms in total. The highest BCUT2D eigenvalue weighted by Crippen LogP contribution is 2.12. The number of rotatable bonds is 4. The molecule has 0 aliphatic rings. The lowest BCUT2D eigenvalue weighted by molar-refractivity contribution is 0.140. The average molecular weight is 224 g/mol. The third kappa shape index (κ3) is 3.67. The number of hydrogen-bond acceptors (Lipinski definition) is 3. The number of nitrogens with zero attached hydrogens (tertiary/aromatic N) is 1. The maximum Gasteiger partial charge on any atom is 0.131 e. The summed E-state index contributed by atoms with van der Waals surface area (Å²) in [5, 5.41) is 12.7. The number of aliphatic hydroxyl groups is 1. The zero-order valence-electron chi connectivity index (χ0n) is 9.27. The van der Waals surface area contributed by atoms with Crippen molar-refractivity contribution in [1.82, 2.24) is 10.3 Å². The topological polar surface area (TPSA) is 45.1 Å². The van der Waals surface area contributed by atoms with Crippen LogP contribution in [-0.4, -0.2) is 16.6 Å². The minimum atomic E-state index is -0.856. The Balaban J connectivity index is 2.87. The molecule has 0 saturated carbocycles. The number of aromatic nitrogens is 1. The van der Waals surface area contributed by atoms with Gasteiger partial charge in [0.2, 0.25) is 0 Å². The van der Waals surface area contributed by atoms with Crippen LogP contribution in [0.4, 0.5) is 0 Å². The Labute approximate surface area is 101 Å². The zero-order valence-corrected chi connectivity index (χ0v) is 9.27. The number of pyridine rings is 1. The second-order valence-electron chi connectivity index (χ2n) is 3.27. The smallest absolute Gasteiger partial charge is 0.131 e. The molecule has 1 aromatic heterocycles. The molecule has 1 rings (SSSR count). The lowest BCUT2D eigenvalue weighted by Crippen LogP contribution is -2.22. The Morgan fingerprint density at radius 2 is 1.82 bits per heavy atom. The molecule has 0 aromatic carbocycles. The van der Waals surface area contributed by atoms with E-state index < -0.39 is 6.23 Å². The Kier molecular flexibility index (Phi) is 4.79. The normalized spacial score (nSPS) is 10.9. The molecule has 0 spiro atoms. The SMILES string of the molecule is C#CCCNC(O)c1cc(C#C)nc(C#C)c1. The van der Waals surface area contributed by atoms with Crippen LogP contribution in [0.15, 0.2) is 12.1 Å². The lowest BCUT2D eigenvalue weighted by atomic mass is 10.1. The van der Waals surface area contributed by atoms with Gasteiger partial charge in [0.25, 0.3) is 0 Å². The predicted molar refractivity (Wildman–Crippen MR) is 66.5 cm³/mol. The highest BCUT2D eigenvalue weighted by Gasteiger charge is 2.08. The van der Waals surface area contributed by atoms with Gasteiger partial charge in [-0.15, -0.1) is 25.2 Å². The first-order valence-electron chi connectivity index (χ1n) is 5.01. The summed E-state index contributed by atoms with van der Waals surface area (Å²) >= 11 is 0. The van der Waals surface area contributed by atoms with Gasteiger partial charge in [0.15, 0.2) is 0 Å². The van der Waals surface area contributed by atoms with E-state index in [1.165, 1.54) is 0 Å². The third-order valence-corrected chi connectivity index (χ3v) is 2.07. The van der Waals surface area contributed by atoms with Crippen LogP contribution < -0.4 is 5.32 Å². The fourth-order valence-corrected chi connectivity index (χ4v) is 1.26. The van der Waals surface area contributed by atoms with Crippen molar-refractivity contribution in [3.63, 3.8) is 0 Å². The summed E-state index contributed by atoms with van der Waals surface area (Å²) in [5.41, 5.74) is 1.37. The van der Waals surface area contributed by atoms with E-state index in [0.29, 0.717) is 29.9 Å². The van der Waals surface area contributed by atoms with Crippen LogP contribution in [0.2, 0.25) is 0 Å². The molecule has 0 radical (unpaired) electrons. The largest absolute Gasteiger partial charge is 0.374 e. The van der Waals surface area contributed by atoms with Crippen LogP contribution >= 0.6 is 0 Å². The van der Waals surface area contributed by atoms with Gasteiger partial charge in [0, 0.05) is 18.5 Å². The van der Waals surface area contributed by atoms with Gasteiger partial charge in [-0.25, -0.2) is 4.98 Å². The molecule has 3 heteroatoms. The summed E-state index contributed by atoms with van der Waals surface area (Å²) in [6.07, 6.45) is 15.3. The van der Waals surface area contributed by atoms with Crippen molar-refractivity contribution in [3.8, 4) is 37.0 Å². The van der Waals surface area contributed by atoms with Crippen molar-refractivity contribution < 1.29 is 5.11 Å². The number of aliphatic hydroxyl groups excluding tert-OH is 1. The van der Waals surface area contributed by atoms with Crippen molar-refractivity contribution in [2.24, 2.45) is 0 Å². The quantitative estimate of drug-likeness (QED) is 0.448. The molecule has 1 heterocycles. The number of nitrogens with one attached hydrogen (secondary N) is 1. The van der Waals surface area contributed by atoms with Crippen molar-refractivity contribution in [2.75, 3.05) is 6.54 Å². The van der Waals surface area contributed by atoms with Gasteiger partial charge in [-0.1, -0.05) is 11.8 Å². The van der Waals surface area contributed by atoms with Gasteiger partial charge in [-0.2, -0.15) is 0 Å². The minimum Gasteiger partial charge on any atom is -0.374 e. The lowest BCUT2D eigenvalue weighted by Gasteiger charge is -2.12. The Hall–Kier alpha value is -2.25. The van der Waals surface area contributed by atoms with E-state index in [2.05, 4.69) is 28.1 Å². The van der Waals surface area contributed by atoms with Gasteiger partial charge in [0.05, 0.1) is 0 Å². The molecular weight excluding hydrogens is 212 g/mol. The Morgan fingerprint density at radius 3 is 2.29 bits per heavy atom. The molecule has 1 atom stereocenters. The molecule has 0 fully saturated rings. The maximum atomic E-state index is 9.84. The highest BCUT2D eigenvalue weighted by molar-refractivity contribution is 5.37. The molecule has 1 unspecified atom stereocenters. The molecule has 2 N–H and O–H groups in total. The molecule has 1 aromatic rings. The molecule has 0 amide bonds. The Bertz CT molecular complexity index is 482. The monoisotopic (exact) mass is 224 g/mol. The van der Waals surface area contributed by atoms with E-state index in [0.717, 1.165) is 0 Å². The van der Waals surface area contributed by atoms with Crippen LogP contribution in [0.5, 0.6) is 0 Å². The van der Waals surface area contributed by atoms with Crippen molar-refractivity contribution >= 4 is 0 Å². The third-order valence-electron chi connectivity index (χ3n) is 2.07. The summed E-state index contributed by atoms with van der Waals surface area (Å²) < 4.78 is 0. The van der Waals surface area contributed by atoms with Gasteiger partial charge in [0.1, 0.15) is 17.6 Å². The first kappa shape index (κ1) is 12.8. The van der Waals surface area contributed by atoms with Crippen LogP contribution in [-0.2, 0) is 0 Å². The minimum absolute atomic E-state index is 0.397. The van der Waals surface area contributed by atoms with Crippen molar-refractivity contribution in [1.29, 1.82) is 0 Å². The number of hydrogen-bond donors (Lipinski definition) is 2. The van der Waals surface area contributed by atoms with Crippen LogP contribution in [0.1, 0.15) is 29.6 Å². The van der Waals surface area contributed by atoms with E-state index >= 15 is 0 Å². The zero-order chi connectivity index (χ0) is 12.7. The number of terminal acetylenes is 3. The molecule has 0 bridgehead atoms. The van der Waals surface area contributed by atoms with Gasteiger partial charge >= 0.3 is 0 Å².